The van der Waals surface area contributed by atoms with Crippen molar-refractivity contribution < 1.29 is 14.1 Å². The van der Waals surface area contributed by atoms with Crippen molar-refractivity contribution in [2.45, 2.75) is 82.8 Å². The molecular weight excluding hydrogens is 620 g/mol. The lowest BCUT2D eigenvalue weighted by atomic mass is 9.86. The lowest BCUT2D eigenvalue weighted by molar-refractivity contribution is -0.120. The predicted octanol–water partition coefficient (Wildman–Crippen LogP) is 6.93. The number of hydrogen-bond donors (Lipinski definition) is 2. The Labute approximate surface area is 278 Å². The van der Waals surface area contributed by atoms with E-state index in [1.807, 2.05) is 48.4 Å². The number of likely N-dealkylation sites (tertiary alicyclic amines) is 1. The van der Waals surface area contributed by atoms with Crippen molar-refractivity contribution >= 4 is 52.0 Å². The molecule has 1 aromatic carbocycles. The first-order chi connectivity index (χ1) is 21.7. The third-order valence-electron chi connectivity index (χ3n) is 8.68. The van der Waals surface area contributed by atoms with Crippen LogP contribution >= 0.6 is 11.6 Å². The summed E-state index contributed by atoms with van der Waals surface area (Å²) in [6, 6.07) is 16.4. The zero-order valence-corrected chi connectivity index (χ0v) is 28.7. The fourth-order valence-corrected chi connectivity index (χ4v) is 7.04. The molecule has 46 heavy (non-hydrogen) atoms. The van der Waals surface area contributed by atoms with Crippen molar-refractivity contribution in [2.24, 2.45) is 5.92 Å². The summed E-state index contributed by atoms with van der Waals surface area (Å²) in [6.45, 7) is 13.4. The monoisotopic (exact) mass is 660 g/mol. The molecule has 0 spiro atoms. The normalized spacial score (nSPS) is 17.5. The summed E-state index contributed by atoms with van der Waals surface area (Å²) in [4.78, 5) is 40.4. The Morgan fingerprint density at radius 3 is 2.65 bits per heavy atom. The average molecular weight is 661 g/mol. The summed E-state index contributed by atoms with van der Waals surface area (Å²) in [5.74, 6) is 0.261. The third kappa shape index (κ3) is 7.62. The quantitative estimate of drug-likeness (QED) is 0.107. The van der Waals surface area contributed by atoms with E-state index in [1.165, 1.54) is 5.56 Å². The van der Waals surface area contributed by atoms with E-state index in [4.69, 9.17) is 16.6 Å². The van der Waals surface area contributed by atoms with Gasteiger partial charge in [-0.05, 0) is 86.8 Å². The molecule has 9 nitrogen and oxygen atoms in total. The number of hydrogen-bond acceptors (Lipinski definition) is 7. The highest BCUT2D eigenvalue weighted by Crippen LogP contribution is 2.36. The van der Waals surface area contributed by atoms with Crippen molar-refractivity contribution in [3.63, 3.8) is 0 Å². The van der Waals surface area contributed by atoms with Crippen LogP contribution in [-0.4, -0.2) is 48.8 Å². The number of benzene rings is 1. The molecule has 242 valence electrons. The van der Waals surface area contributed by atoms with Gasteiger partial charge in [-0.25, -0.2) is 4.98 Å². The lowest BCUT2D eigenvalue weighted by Gasteiger charge is -2.27. The molecule has 3 atom stereocenters. The highest BCUT2D eigenvalue weighted by Gasteiger charge is 2.37. The number of fused-ring (bicyclic) bond motifs is 1. The molecule has 4 aromatic rings. The molecule has 0 bridgehead atoms. The van der Waals surface area contributed by atoms with Crippen molar-refractivity contribution in [2.75, 3.05) is 11.9 Å². The maximum atomic E-state index is 13.3. The molecule has 3 aromatic heterocycles. The van der Waals surface area contributed by atoms with Crippen LogP contribution in [0.3, 0.4) is 0 Å². The van der Waals surface area contributed by atoms with E-state index in [0.29, 0.717) is 17.3 Å². The maximum Gasteiger partial charge on any atom is 0.295 e. The van der Waals surface area contributed by atoms with E-state index in [-0.39, 0.29) is 32.7 Å². The standard InChI is InChI=1S/C35H41ClN6O3S/c1-22-9-7-10-24-17-26(32(36)40-31(22)24)33(44)41-46(45)30-12-8-11-29(39-30)38-27(28-18-25(15-16-37-28)34(2,3)4)14-13-23-19-35(5,6)42(20-23)21-43/h7-12,15-18,21,23,27H,13-14,19-20H2,1-6H3,(H,38,39)(H,41,44)/t23-,27?,46?/m0/s1. The SMILES string of the molecule is Cc1cccc2cc(C(=O)N[S+]([O-])c3cccc(NC(CC[C@@H]4CN(C=O)C(C)(C)C4)c4cc(C(C)(C)C)ccn4)n3)c(Cl)nc12. The van der Waals surface area contributed by atoms with Crippen LogP contribution in [0.1, 0.15) is 87.1 Å². The number of amides is 2. The molecule has 1 aliphatic rings. The van der Waals surface area contributed by atoms with Crippen LogP contribution in [-0.2, 0) is 21.6 Å². The second-order valence-corrected chi connectivity index (χ2v) is 15.2. The number of para-hydroxylation sites is 1. The van der Waals surface area contributed by atoms with E-state index >= 15 is 0 Å². The van der Waals surface area contributed by atoms with Gasteiger partial charge in [0.25, 0.3) is 10.9 Å². The number of nitrogens with one attached hydrogen (secondary N) is 2. The number of pyridine rings is 3. The fraction of sp³-hybridized carbons (Fsp3) is 0.400. The highest BCUT2D eigenvalue weighted by atomic mass is 35.5. The zero-order valence-electron chi connectivity index (χ0n) is 27.1. The first-order valence-electron chi connectivity index (χ1n) is 15.5. The summed E-state index contributed by atoms with van der Waals surface area (Å²) in [5, 5.41) is 4.51. The van der Waals surface area contributed by atoms with E-state index < -0.39 is 17.3 Å². The summed E-state index contributed by atoms with van der Waals surface area (Å²) < 4.78 is 15.8. The molecule has 0 radical (unpaired) electrons. The minimum atomic E-state index is -1.96. The summed E-state index contributed by atoms with van der Waals surface area (Å²) in [6.07, 6.45) is 5.35. The van der Waals surface area contributed by atoms with Crippen LogP contribution in [0.4, 0.5) is 5.82 Å². The number of aryl methyl sites for hydroxylation is 1. The van der Waals surface area contributed by atoms with Crippen LogP contribution in [0.2, 0.25) is 5.15 Å². The van der Waals surface area contributed by atoms with Gasteiger partial charge in [0, 0.05) is 29.7 Å². The minimum absolute atomic E-state index is 0.0365. The van der Waals surface area contributed by atoms with E-state index in [9.17, 15) is 14.1 Å². The average Bonchev–Trinajstić information content (AvgIpc) is 3.32. The van der Waals surface area contributed by atoms with E-state index in [2.05, 4.69) is 60.7 Å². The molecule has 1 fully saturated rings. The molecule has 1 aliphatic heterocycles. The molecule has 4 heterocycles. The number of nitrogens with zero attached hydrogens (tertiary/aromatic N) is 4. The lowest BCUT2D eigenvalue weighted by Crippen LogP contribution is -2.36. The summed E-state index contributed by atoms with van der Waals surface area (Å²) in [5.41, 5.74) is 3.61. The highest BCUT2D eigenvalue weighted by molar-refractivity contribution is 7.90. The van der Waals surface area contributed by atoms with Crippen LogP contribution in [0.15, 0.2) is 65.8 Å². The summed E-state index contributed by atoms with van der Waals surface area (Å²) >= 11 is 4.41. The number of anilines is 1. The van der Waals surface area contributed by atoms with E-state index in [1.54, 1.807) is 18.2 Å². The first-order valence-corrected chi connectivity index (χ1v) is 17.0. The maximum absolute atomic E-state index is 13.3. The zero-order chi connectivity index (χ0) is 33.2. The van der Waals surface area contributed by atoms with Crippen molar-refractivity contribution in [1.82, 2.24) is 24.6 Å². The van der Waals surface area contributed by atoms with Gasteiger partial charge in [-0.1, -0.05) is 56.6 Å². The molecule has 11 heteroatoms. The van der Waals surface area contributed by atoms with Crippen LogP contribution in [0.25, 0.3) is 10.9 Å². The van der Waals surface area contributed by atoms with Gasteiger partial charge in [-0.2, -0.15) is 9.71 Å². The van der Waals surface area contributed by atoms with Crippen molar-refractivity contribution in [1.29, 1.82) is 0 Å². The Kier molecular flexibility index (Phi) is 9.91. The molecular formula is C35H41ClN6O3S. The molecule has 5 rings (SSSR count). The molecule has 0 saturated carbocycles. The van der Waals surface area contributed by atoms with Crippen molar-refractivity contribution in [3.05, 3.63) is 88.3 Å². The number of carbonyl (C=O) groups excluding carboxylic acids is 2. The second-order valence-electron chi connectivity index (χ2n) is 13.7. The Hall–Kier alpha value is -3.73. The fourth-order valence-electron chi connectivity index (χ4n) is 6.05. The van der Waals surface area contributed by atoms with E-state index in [0.717, 1.165) is 48.9 Å². The topological polar surface area (TPSA) is 123 Å². The van der Waals surface area contributed by atoms with Gasteiger partial charge in [-0.15, -0.1) is 0 Å². The number of aromatic nitrogens is 3. The molecule has 2 N–H and O–H groups in total. The second kappa shape index (κ2) is 13.6. The molecule has 1 saturated heterocycles. The van der Waals surface area contributed by atoms with Gasteiger partial charge < -0.3 is 14.8 Å². The largest absolute Gasteiger partial charge is 0.587 e. The van der Waals surface area contributed by atoms with Crippen LogP contribution < -0.4 is 10.0 Å². The van der Waals surface area contributed by atoms with Gasteiger partial charge in [0.2, 0.25) is 6.41 Å². The smallest absolute Gasteiger partial charge is 0.295 e. The minimum Gasteiger partial charge on any atom is -0.587 e. The van der Waals surface area contributed by atoms with Gasteiger partial charge in [0.05, 0.1) is 22.8 Å². The van der Waals surface area contributed by atoms with Gasteiger partial charge >= 0.3 is 0 Å². The number of rotatable bonds is 10. The molecule has 0 aliphatic carbocycles. The molecule has 2 amide bonds. The Bertz CT molecular complexity index is 1740. The Morgan fingerprint density at radius 1 is 1.17 bits per heavy atom. The number of halogens is 1. The Morgan fingerprint density at radius 2 is 1.93 bits per heavy atom. The van der Waals surface area contributed by atoms with Gasteiger partial charge in [-0.3, -0.25) is 14.6 Å². The first kappa shape index (κ1) is 33.6. The van der Waals surface area contributed by atoms with Crippen molar-refractivity contribution in [3.8, 4) is 0 Å². The van der Waals surface area contributed by atoms with Crippen LogP contribution in [0.5, 0.6) is 0 Å². The van der Waals surface area contributed by atoms with Crippen LogP contribution in [0, 0.1) is 12.8 Å². The third-order valence-corrected chi connectivity index (χ3v) is 9.95. The summed E-state index contributed by atoms with van der Waals surface area (Å²) in [7, 11) is 0. The molecule has 2 unspecified atom stereocenters. The number of carbonyl (C=O) groups is 2. The van der Waals surface area contributed by atoms with Gasteiger partial charge in [0.1, 0.15) is 22.3 Å². The predicted molar refractivity (Wildman–Crippen MR) is 183 cm³/mol. The Balaban J connectivity index is 1.35. The van der Waals surface area contributed by atoms with Gasteiger partial charge in [0.15, 0.2) is 0 Å².